The molecule has 1 aliphatic carbocycles. The Morgan fingerprint density at radius 2 is 2.05 bits per heavy atom. The van der Waals surface area contributed by atoms with Crippen molar-refractivity contribution in [3.05, 3.63) is 11.8 Å². The monoisotopic (exact) mass is 316 g/mol. The number of hydrogen-bond acceptors (Lipinski definition) is 5. The van der Waals surface area contributed by atoms with E-state index >= 15 is 0 Å². The minimum absolute atomic E-state index is 0.0892. The Labute approximate surface area is 114 Å². The van der Waals surface area contributed by atoms with Crippen LogP contribution in [0.3, 0.4) is 0 Å². The molecule has 0 fully saturated rings. The molecule has 1 rings (SSSR count). The summed E-state index contributed by atoms with van der Waals surface area (Å²) in [5.74, 6) is -1.85. The highest BCUT2D eigenvalue weighted by Gasteiger charge is 2.49. The maximum absolute atomic E-state index is 12.2. The lowest BCUT2D eigenvalue weighted by Gasteiger charge is -2.25. The number of rotatable bonds is 4. The minimum Gasteiger partial charge on any atom is -0.466 e. The van der Waals surface area contributed by atoms with E-state index in [9.17, 15) is 26.4 Å². The van der Waals surface area contributed by atoms with Gasteiger partial charge in [0.05, 0.1) is 12.5 Å². The van der Waals surface area contributed by atoms with Crippen LogP contribution in [0.25, 0.3) is 0 Å². The van der Waals surface area contributed by atoms with Crippen LogP contribution in [0.1, 0.15) is 26.7 Å². The van der Waals surface area contributed by atoms with Gasteiger partial charge in [0.15, 0.2) is 0 Å². The van der Waals surface area contributed by atoms with E-state index in [1.54, 1.807) is 6.92 Å². The van der Waals surface area contributed by atoms with Crippen molar-refractivity contribution in [2.24, 2.45) is 11.8 Å². The van der Waals surface area contributed by atoms with Gasteiger partial charge in [-0.2, -0.15) is 21.6 Å². The Balaban J connectivity index is 2.79. The predicted octanol–water partition coefficient (Wildman–Crippen LogP) is 2.35. The first-order chi connectivity index (χ1) is 9.08. The maximum Gasteiger partial charge on any atom is 0.534 e. The summed E-state index contributed by atoms with van der Waals surface area (Å²) >= 11 is 0. The smallest absolute Gasteiger partial charge is 0.466 e. The Bertz CT molecular complexity index is 495. The predicted molar refractivity (Wildman–Crippen MR) is 62.7 cm³/mol. The molecule has 0 bridgehead atoms. The lowest BCUT2D eigenvalue weighted by molar-refractivity contribution is -0.148. The number of carbonyl (C=O) groups excluding carboxylic acids is 1. The van der Waals surface area contributed by atoms with E-state index in [0.29, 0.717) is 0 Å². The average Bonchev–Trinajstić information content (AvgIpc) is 2.30. The normalized spacial score (nSPS) is 23.9. The summed E-state index contributed by atoms with van der Waals surface area (Å²) in [7, 11) is -5.66. The van der Waals surface area contributed by atoms with Crippen LogP contribution in [0.5, 0.6) is 0 Å². The van der Waals surface area contributed by atoms with E-state index in [4.69, 9.17) is 4.74 Å². The number of halogens is 3. The van der Waals surface area contributed by atoms with Crippen molar-refractivity contribution in [1.29, 1.82) is 0 Å². The second-order valence-electron chi connectivity index (χ2n) is 4.41. The van der Waals surface area contributed by atoms with E-state index in [1.807, 2.05) is 0 Å². The molecule has 0 radical (unpaired) electrons. The number of carbonyl (C=O) groups is 1. The molecule has 0 aromatic rings. The average molecular weight is 316 g/mol. The number of esters is 1. The molecule has 2 unspecified atom stereocenters. The Kier molecular flexibility index (Phi) is 5.06. The fourth-order valence-electron chi connectivity index (χ4n) is 1.84. The molecule has 0 saturated carbocycles. The van der Waals surface area contributed by atoms with E-state index in [1.165, 1.54) is 13.0 Å². The standard InChI is InChI=1S/C11H15F3O5S/c1-3-18-10(15)8-4-5-9(7(2)6-8)19-20(16,17)11(12,13)14/h5,7-8H,3-4,6H2,1-2H3. The Hall–Kier alpha value is -1.25. The molecule has 0 aromatic heterocycles. The van der Waals surface area contributed by atoms with Gasteiger partial charge in [-0.05, 0) is 25.8 Å². The Morgan fingerprint density at radius 1 is 1.45 bits per heavy atom. The third-order valence-corrected chi connectivity index (χ3v) is 3.82. The van der Waals surface area contributed by atoms with Crippen molar-refractivity contribution in [2.75, 3.05) is 6.61 Å². The first-order valence-electron chi connectivity index (χ1n) is 5.96. The van der Waals surface area contributed by atoms with Crippen LogP contribution < -0.4 is 0 Å². The summed E-state index contributed by atoms with van der Waals surface area (Å²) in [5.41, 5.74) is -5.47. The molecule has 1 aliphatic rings. The molecule has 9 heteroatoms. The first kappa shape index (κ1) is 16.8. The summed E-state index contributed by atoms with van der Waals surface area (Å²) in [6.07, 6.45) is 1.46. The minimum atomic E-state index is -5.66. The van der Waals surface area contributed by atoms with E-state index < -0.39 is 33.4 Å². The molecule has 0 heterocycles. The van der Waals surface area contributed by atoms with Crippen LogP contribution in [-0.2, 0) is 23.8 Å². The zero-order valence-electron chi connectivity index (χ0n) is 10.9. The topological polar surface area (TPSA) is 69.7 Å². The Morgan fingerprint density at radius 3 is 2.50 bits per heavy atom. The highest BCUT2D eigenvalue weighted by molar-refractivity contribution is 7.87. The van der Waals surface area contributed by atoms with Crippen LogP contribution in [0, 0.1) is 11.8 Å². The highest BCUT2D eigenvalue weighted by atomic mass is 32.2. The molecule has 0 spiro atoms. The SMILES string of the molecule is CCOC(=O)C1CC=C(OS(=O)(=O)C(F)(F)F)C(C)C1. The van der Waals surface area contributed by atoms with E-state index in [-0.39, 0.29) is 25.2 Å². The van der Waals surface area contributed by atoms with Gasteiger partial charge in [0.1, 0.15) is 5.76 Å². The van der Waals surface area contributed by atoms with Gasteiger partial charge in [-0.15, -0.1) is 0 Å². The molecule has 20 heavy (non-hydrogen) atoms. The zero-order valence-corrected chi connectivity index (χ0v) is 11.8. The summed E-state index contributed by atoms with van der Waals surface area (Å²) in [5, 5.41) is 0. The van der Waals surface area contributed by atoms with Crippen LogP contribution in [0.15, 0.2) is 11.8 Å². The van der Waals surface area contributed by atoms with Crippen molar-refractivity contribution in [2.45, 2.75) is 32.2 Å². The number of ether oxygens (including phenoxy) is 1. The summed E-state index contributed by atoms with van der Waals surface area (Å²) in [6, 6.07) is 0. The van der Waals surface area contributed by atoms with Gasteiger partial charge in [0.2, 0.25) is 0 Å². The molecule has 2 atom stereocenters. The molecule has 0 saturated heterocycles. The van der Waals surface area contributed by atoms with Gasteiger partial charge in [-0.3, -0.25) is 4.79 Å². The fourth-order valence-corrected chi connectivity index (χ4v) is 2.42. The second kappa shape index (κ2) is 6.02. The van der Waals surface area contributed by atoms with Crippen molar-refractivity contribution in [3.8, 4) is 0 Å². The molecule has 0 N–H and O–H groups in total. The van der Waals surface area contributed by atoms with Gasteiger partial charge in [0, 0.05) is 5.92 Å². The largest absolute Gasteiger partial charge is 0.534 e. The molecule has 116 valence electrons. The molecule has 5 nitrogen and oxygen atoms in total. The van der Waals surface area contributed by atoms with Crippen LogP contribution in [0.4, 0.5) is 13.2 Å². The van der Waals surface area contributed by atoms with Crippen molar-refractivity contribution in [1.82, 2.24) is 0 Å². The molecular formula is C11H15F3O5S. The maximum atomic E-state index is 12.2. The van der Waals surface area contributed by atoms with Crippen molar-refractivity contribution >= 4 is 16.1 Å². The summed E-state index contributed by atoms with van der Waals surface area (Å²) in [4.78, 5) is 11.5. The van der Waals surface area contributed by atoms with Gasteiger partial charge in [0.25, 0.3) is 0 Å². The van der Waals surface area contributed by atoms with Crippen LogP contribution in [0.2, 0.25) is 0 Å². The summed E-state index contributed by atoms with van der Waals surface area (Å²) in [6.45, 7) is 3.34. The van der Waals surface area contributed by atoms with Gasteiger partial charge >= 0.3 is 21.6 Å². The van der Waals surface area contributed by atoms with Crippen molar-refractivity contribution in [3.63, 3.8) is 0 Å². The lowest BCUT2D eigenvalue weighted by atomic mass is 9.86. The third kappa shape index (κ3) is 3.87. The lowest BCUT2D eigenvalue weighted by Crippen LogP contribution is -2.29. The fraction of sp³-hybridized carbons (Fsp3) is 0.727. The van der Waals surface area contributed by atoms with Gasteiger partial charge < -0.3 is 8.92 Å². The molecule has 0 aliphatic heterocycles. The second-order valence-corrected chi connectivity index (χ2v) is 5.95. The molecule has 0 aromatic carbocycles. The zero-order chi connectivity index (χ0) is 15.6. The number of alkyl halides is 3. The number of hydrogen-bond donors (Lipinski definition) is 0. The van der Waals surface area contributed by atoms with Crippen LogP contribution >= 0.6 is 0 Å². The van der Waals surface area contributed by atoms with Gasteiger partial charge in [-0.1, -0.05) is 6.92 Å². The summed E-state index contributed by atoms with van der Waals surface area (Å²) < 4.78 is 67.3. The van der Waals surface area contributed by atoms with Crippen molar-refractivity contribution < 1.29 is 35.3 Å². The molecule has 0 amide bonds. The van der Waals surface area contributed by atoms with Crippen LogP contribution in [-0.4, -0.2) is 26.5 Å². The third-order valence-electron chi connectivity index (χ3n) is 2.84. The highest BCUT2D eigenvalue weighted by Crippen LogP contribution is 2.34. The first-order valence-corrected chi connectivity index (χ1v) is 7.36. The quantitative estimate of drug-likeness (QED) is 0.452. The van der Waals surface area contributed by atoms with E-state index in [0.717, 1.165) is 0 Å². The van der Waals surface area contributed by atoms with Gasteiger partial charge in [-0.25, -0.2) is 0 Å². The molecular weight excluding hydrogens is 301 g/mol. The van der Waals surface area contributed by atoms with E-state index in [2.05, 4.69) is 4.18 Å². The number of allylic oxidation sites excluding steroid dienone is 2.